The van der Waals surface area contributed by atoms with E-state index in [4.69, 9.17) is 5.11 Å². The van der Waals surface area contributed by atoms with E-state index in [2.05, 4.69) is 16.1 Å². The standard InChI is InChI=1S/C8H10O5/c1-2-12-7(10)3-4-8(11)13-6-5-9/h2-4,9H,1,5-6H2. The van der Waals surface area contributed by atoms with Crippen LogP contribution in [0.3, 0.4) is 0 Å². The molecule has 0 heterocycles. The van der Waals surface area contributed by atoms with Gasteiger partial charge in [-0.2, -0.15) is 0 Å². The average molecular weight is 186 g/mol. The molecule has 0 spiro atoms. The van der Waals surface area contributed by atoms with Crippen LogP contribution in [0.1, 0.15) is 0 Å². The van der Waals surface area contributed by atoms with E-state index in [1.807, 2.05) is 0 Å². The summed E-state index contributed by atoms with van der Waals surface area (Å²) in [7, 11) is 0. The van der Waals surface area contributed by atoms with Crippen LogP contribution in [-0.4, -0.2) is 30.3 Å². The average Bonchev–Trinajstić information content (AvgIpc) is 2.12. The first-order valence-electron chi connectivity index (χ1n) is 3.48. The third kappa shape index (κ3) is 6.77. The zero-order valence-corrected chi connectivity index (χ0v) is 6.93. The van der Waals surface area contributed by atoms with Gasteiger partial charge in [0.15, 0.2) is 0 Å². The van der Waals surface area contributed by atoms with Crippen molar-refractivity contribution in [3.8, 4) is 0 Å². The van der Waals surface area contributed by atoms with Gasteiger partial charge < -0.3 is 14.6 Å². The molecule has 0 bridgehead atoms. The summed E-state index contributed by atoms with van der Waals surface area (Å²) in [6.45, 7) is 2.80. The van der Waals surface area contributed by atoms with Gasteiger partial charge in [-0.3, -0.25) is 0 Å². The lowest BCUT2D eigenvalue weighted by molar-refractivity contribution is -0.139. The van der Waals surface area contributed by atoms with Crippen molar-refractivity contribution in [1.82, 2.24) is 0 Å². The first-order chi connectivity index (χ1) is 6.20. The predicted octanol–water partition coefficient (Wildman–Crippen LogP) is -0.235. The summed E-state index contributed by atoms with van der Waals surface area (Å²) in [4.78, 5) is 21.2. The van der Waals surface area contributed by atoms with E-state index in [0.29, 0.717) is 0 Å². The second-order valence-electron chi connectivity index (χ2n) is 1.83. The highest BCUT2D eigenvalue weighted by molar-refractivity contribution is 5.91. The normalized spacial score (nSPS) is 9.62. The minimum absolute atomic E-state index is 0.0975. The Kier molecular flexibility index (Phi) is 6.17. The van der Waals surface area contributed by atoms with E-state index >= 15 is 0 Å². The van der Waals surface area contributed by atoms with Gasteiger partial charge in [0.05, 0.1) is 12.9 Å². The van der Waals surface area contributed by atoms with Crippen molar-refractivity contribution in [2.75, 3.05) is 13.2 Å². The number of hydrogen-bond acceptors (Lipinski definition) is 5. The van der Waals surface area contributed by atoms with E-state index in [-0.39, 0.29) is 13.2 Å². The van der Waals surface area contributed by atoms with Crippen molar-refractivity contribution in [1.29, 1.82) is 0 Å². The highest BCUT2D eigenvalue weighted by atomic mass is 16.5. The number of aliphatic hydroxyl groups excluding tert-OH is 1. The maximum Gasteiger partial charge on any atom is 0.335 e. The number of aliphatic hydroxyl groups is 1. The van der Waals surface area contributed by atoms with Crippen molar-refractivity contribution in [3.63, 3.8) is 0 Å². The van der Waals surface area contributed by atoms with Crippen LogP contribution in [-0.2, 0) is 19.1 Å². The van der Waals surface area contributed by atoms with Crippen molar-refractivity contribution < 1.29 is 24.2 Å². The topological polar surface area (TPSA) is 72.8 Å². The van der Waals surface area contributed by atoms with Crippen LogP contribution in [0.2, 0.25) is 0 Å². The number of rotatable bonds is 5. The molecule has 72 valence electrons. The summed E-state index contributed by atoms with van der Waals surface area (Å²) in [5, 5.41) is 8.27. The summed E-state index contributed by atoms with van der Waals surface area (Å²) in [5.41, 5.74) is 0. The van der Waals surface area contributed by atoms with Crippen molar-refractivity contribution in [2.24, 2.45) is 0 Å². The second-order valence-corrected chi connectivity index (χ2v) is 1.83. The molecule has 0 aromatic heterocycles. The number of hydrogen-bond donors (Lipinski definition) is 1. The molecule has 0 aliphatic heterocycles. The molecule has 0 amide bonds. The van der Waals surface area contributed by atoms with Crippen LogP contribution >= 0.6 is 0 Å². The molecule has 0 fully saturated rings. The molecule has 5 nitrogen and oxygen atoms in total. The van der Waals surface area contributed by atoms with Crippen LogP contribution in [0.15, 0.2) is 25.0 Å². The highest BCUT2D eigenvalue weighted by Crippen LogP contribution is 1.85. The van der Waals surface area contributed by atoms with Gasteiger partial charge in [-0.05, 0) is 0 Å². The Morgan fingerprint density at radius 1 is 1.31 bits per heavy atom. The molecule has 0 radical (unpaired) electrons. The molecule has 0 aliphatic carbocycles. The summed E-state index contributed by atoms with van der Waals surface area (Å²) >= 11 is 0. The summed E-state index contributed by atoms with van der Waals surface area (Å²) in [6, 6.07) is 0. The van der Waals surface area contributed by atoms with E-state index < -0.39 is 11.9 Å². The lowest BCUT2D eigenvalue weighted by Crippen LogP contribution is -2.06. The number of ether oxygens (including phenoxy) is 2. The smallest absolute Gasteiger partial charge is 0.335 e. The molecule has 0 aromatic rings. The largest absolute Gasteiger partial charge is 0.460 e. The molecule has 13 heavy (non-hydrogen) atoms. The van der Waals surface area contributed by atoms with E-state index in [0.717, 1.165) is 18.4 Å². The van der Waals surface area contributed by atoms with E-state index in [1.54, 1.807) is 0 Å². The van der Waals surface area contributed by atoms with Gasteiger partial charge in [-0.15, -0.1) is 0 Å². The quantitative estimate of drug-likeness (QED) is 0.364. The first kappa shape index (κ1) is 11.4. The van der Waals surface area contributed by atoms with Crippen molar-refractivity contribution in [3.05, 3.63) is 25.0 Å². The van der Waals surface area contributed by atoms with Gasteiger partial charge >= 0.3 is 11.9 Å². The van der Waals surface area contributed by atoms with Gasteiger partial charge in [-0.1, -0.05) is 6.58 Å². The Balaban J connectivity index is 3.75. The third-order valence-electron chi connectivity index (χ3n) is 0.891. The Morgan fingerprint density at radius 3 is 2.46 bits per heavy atom. The molecular formula is C8H10O5. The lowest BCUT2D eigenvalue weighted by Gasteiger charge is -1.96. The Hall–Kier alpha value is -1.62. The lowest BCUT2D eigenvalue weighted by atomic mass is 10.5. The molecule has 0 unspecified atom stereocenters. The zero-order valence-electron chi connectivity index (χ0n) is 6.93. The Bertz CT molecular complexity index is 219. The minimum atomic E-state index is -0.713. The molecule has 0 aliphatic rings. The molecule has 5 heteroatoms. The first-order valence-corrected chi connectivity index (χ1v) is 3.48. The Morgan fingerprint density at radius 2 is 1.92 bits per heavy atom. The number of carbonyl (C=O) groups excluding carboxylic acids is 2. The van der Waals surface area contributed by atoms with Crippen molar-refractivity contribution >= 4 is 11.9 Å². The third-order valence-corrected chi connectivity index (χ3v) is 0.891. The SMILES string of the molecule is C=COC(=O)C=CC(=O)OCCO. The molecule has 0 aromatic carbocycles. The van der Waals surface area contributed by atoms with Crippen LogP contribution < -0.4 is 0 Å². The molecule has 0 saturated heterocycles. The summed E-state index contributed by atoms with van der Waals surface area (Å²) in [6.07, 6.45) is 2.76. The van der Waals surface area contributed by atoms with Crippen LogP contribution in [0.4, 0.5) is 0 Å². The Labute approximate surface area is 75.3 Å². The predicted molar refractivity (Wildman–Crippen MR) is 43.5 cm³/mol. The minimum Gasteiger partial charge on any atom is -0.460 e. The van der Waals surface area contributed by atoms with E-state index in [9.17, 15) is 9.59 Å². The molecule has 0 atom stereocenters. The summed E-state index contributed by atoms with van der Waals surface area (Å²) in [5.74, 6) is -1.42. The zero-order chi connectivity index (χ0) is 10.1. The fraction of sp³-hybridized carbons (Fsp3) is 0.250. The van der Waals surface area contributed by atoms with Crippen LogP contribution in [0.25, 0.3) is 0 Å². The van der Waals surface area contributed by atoms with Gasteiger partial charge in [0.1, 0.15) is 6.61 Å². The fourth-order valence-corrected chi connectivity index (χ4v) is 0.452. The monoisotopic (exact) mass is 186 g/mol. The molecule has 1 N–H and O–H groups in total. The van der Waals surface area contributed by atoms with Crippen LogP contribution in [0.5, 0.6) is 0 Å². The molecule has 0 rings (SSSR count). The summed E-state index contributed by atoms with van der Waals surface area (Å²) < 4.78 is 8.69. The van der Waals surface area contributed by atoms with Gasteiger partial charge in [0.2, 0.25) is 0 Å². The fourth-order valence-electron chi connectivity index (χ4n) is 0.452. The van der Waals surface area contributed by atoms with Crippen molar-refractivity contribution in [2.45, 2.75) is 0 Å². The highest BCUT2D eigenvalue weighted by Gasteiger charge is 1.98. The number of esters is 2. The van der Waals surface area contributed by atoms with Gasteiger partial charge in [0.25, 0.3) is 0 Å². The molecular weight excluding hydrogens is 176 g/mol. The maximum atomic E-state index is 10.7. The van der Waals surface area contributed by atoms with Crippen LogP contribution in [0, 0.1) is 0 Å². The maximum absolute atomic E-state index is 10.7. The van der Waals surface area contributed by atoms with Gasteiger partial charge in [-0.25, -0.2) is 9.59 Å². The van der Waals surface area contributed by atoms with E-state index in [1.165, 1.54) is 0 Å². The number of carbonyl (C=O) groups is 2. The van der Waals surface area contributed by atoms with Gasteiger partial charge in [0, 0.05) is 12.2 Å². The molecule has 0 saturated carbocycles. The second kappa shape index (κ2) is 7.05.